The predicted molar refractivity (Wildman–Crippen MR) is 182 cm³/mol. The summed E-state index contributed by atoms with van der Waals surface area (Å²) < 4.78 is 13.1. The average Bonchev–Trinajstić information content (AvgIpc) is 3.83. The summed E-state index contributed by atoms with van der Waals surface area (Å²) in [5.74, 6) is 1.90. The van der Waals surface area contributed by atoms with Gasteiger partial charge in [-0.25, -0.2) is 0 Å². The number of aromatic nitrogens is 2. The van der Waals surface area contributed by atoms with Crippen molar-refractivity contribution in [2.24, 2.45) is 17.8 Å². The standard InChI is InChI=1S/C39H51N3O4/c1-4-5-21-46-39(44)31-15-13-30(14-16-31)38(43)41(36-8-6-7-32(23-36)34-24-40-42(26-34)35-18-19-35)25-28-9-11-29(12-10-28)33-17-20-37(45-3)27(2)22-33/h6-8,17,20,22-24,26,28-31,35H,4-5,9-16,18-19,21,25H2,1-3H3/t28-,29-,30-,31-. The van der Waals surface area contributed by atoms with E-state index >= 15 is 0 Å². The fraction of sp³-hybridized carbons (Fsp3) is 0.564. The van der Waals surface area contributed by atoms with Crippen molar-refractivity contribution < 1.29 is 19.1 Å². The van der Waals surface area contributed by atoms with Crippen molar-refractivity contribution in [3.8, 4) is 16.9 Å². The zero-order valence-electron chi connectivity index (χ0n) is 28.0. The van der Waals surface area contributed by atoms with E-state index in [-0.39, 0.29) is 23.7 Å². The molecule has 3 aliphatic rings. The van der Waals surface area contributed by atoms with Crippen LogP contribution in [0.15, 0.2) is 54.9 Å². The maximum atomic E-state index is 14.4. The zero-order valence-corrected chi connectivity index (χ0v) is 28.0. The van der Waals surface area contributed by atoms with E-state index in [0.29, 0.717) is 24.5 Å². The van der Waals surface area contributed by atoms with Gasteiger partial charge in [0.2, 0.25) is 5.91 Å². The van der Waals surface area contributed by atoms with Crippen molar-refractivity contribution in [2.45, 2.75) is 103 Å². The first-order valence-electron chi connectivity index (χ1n) is 17.7. The van der Waals surface area contributed by atoms with E-state index in [1.807, 2.05) is 6.20 Å². The van der Waals surface area contributed by atoms with Crippen LogP contribution in [-0.2, 0) is 14.3 Å². The number of esters is 1. The predicted octanol–water partition coefficient (Wildman–Crippen LogP) is 8.66. The molecule has 0 N–H and O–H groups in total. The van der Waals surface area contributed by atoms with E-state index < -0.39 is 0 Å². The summed E-state index contributed by atoms with van der Waals surface area (Å²) in [6, 6.07) is 15.6. The Bertz CT molecular complexity index is 1480. The van der Waals surface area contributed by atoms with Gasteiger partial charge in [0.25, 0.3) is 0 Å². The third-order valence-electron chi connectivity index (χ3n) is 10.6. The maximum absolute atomic E-state index is 14.4. The Morgan fingerprint density at radius 1 is 0.913 bits per heavy atom. The van der Waals surface area contributed by atoms with Crippen LogP contribution in [0.5, 0.6) is 5.75 Å². The first kappa shape index (κ1) is 32.3. The van der Waals surface area contributed by atoms with Crippen LogP contribution in [0.1, 0.15) is 107 Å². The van der Waals surface area contributed by atoms with Gasteiger partial charge in [0, 0.05) is 29.9 Å². The molecular weight excluding hydrogens is 574 g/mol. The second-order valence-corrected chi connectivity index (χ2v) is 14.0. The number of methoxy groups -OCH3 is 1. The molecular formula is C39H51N3O4. The van der Waals surface area contributed by atoms with Crippen LogP contribution in [-0.4, -0.2) is 41.9 Å². The summed E-state index contributed by atoms with van der Waals surface area (Å²) in [6.45, 7) is 5.45. The second kappa shape index (κ2) is 14.9. The van der Waals surface area contributed by atoms with Gasteiger partial charge >= 0.3 is 5.97 Å². The van der Waals surface area contributed by atoms with Crippen LogP contribution in [0, 0.1) is 24.7 Å². The van der Waals surface area contributed by atoms with Crippen LogP contribution < -0.4 is 9.64 Å². The highest BCUT2D eigenvalue weighted by molar-refractivity contribution is 5.96. The number of aryl methyl sites for hydroxylation is 1. The van der Waals surface area contributed by atoms with Gasteiger partial charge in [0.15, 0.2) is 0 Å². The van der Waals surface area contributed by atoms with Crippen LogP contribution in [0.3, 0.4) is 0 Å². The largest absolute Gasteiger partial charge is 0.496 e. The zero-order chi connectivity index (χ0) is 32.0. The van der Waals surface area contributed by atoms with Crippen LogP contribution in [0.4, 0.5) is 5.69 Å². The Hall–Kier alpha value is -3.61. The molecule has 0 radical (unpaired) electrons. The minimum absolute atomic E-state index is 0.0698. The number of carbonyl (C=O) groups is 2. The van der Waals surface area contributed by atoms with Gasteiger partial charge in [-0.1, -0.05) is 37.6 Å². The van der Waals surface area contributed by atoms with E-state index in [9.17, 15) is 9.59 Å². The molecule has 0 atom stereocenters. The molecule has 0 spiro atoms. The fourth-order valence-electron chi connectivity index (χ4n) is 7.53. The van der Waals surface area contributed by atoms with Gasteiger partial charge < -0.3 is 14.4 Å². The fourth-order valence-corrected chi connectivity index (χ4v) is 7.53. The smallest absolute Gasteiger partial charge is 0.308 e. The molecule has 7 nitrogen and oxygen atoms in total. The third kappa shape index (κ3) is 7.67. The number of carbonyl (C=O) groups excluding carboxylic acids is 2. The Balaban J connectivity index is 1.16. The lowest BCUT2D eigenvalue weighted by atomic mass is 9.77. The minimum atomic E-state index is -0.0856. The van der Waals surface area contributed by atoms with Crippen LogP contribution >= 0.6 is 0 Å². The van der Waals surface area contributed by atoms with Crippen molar-refractivity contribution in [3.05, 3.63) is 66.0 Å². The lowest BCUT2D eigenvalue weighted by Crippen LogP contribution is -2.42. The number of amides is 1. The molecule has 3 fully saturated rings. The van der Waals surface area contributed by atoms with Gasteiger partial charge in [-0.3, -0.25) is 14.3 Å². The molecule has 0 bridgehead atoms. The first-order chi connectivity index (χ1) is 22.4. The highest BCUT2D eigenvalue weighted by Crippen LogP contribution is 2.40. The highest BCUT2D eigenvalue weighted by atomic mass is 16.5. The molecule has 1 amide bonds. The average molecular weight is 626 g/mol. The van der Waals surface area contributed by atoms with E-state index in [1.54, 1.807) is 7.11 Å². The monoisotopic (exact) mass is 625 g/mol. The quantitative estimate of drug-likeness (QED) is 0.149. The summed E-state index contributed by atoms with van der Waals surface area (Å²) in [6.07, 6.45) is 15.8. The lowest BCUT2D eigenvalue weighted by Gasteiger charge is -2.36. The first-order valence-corrected chi connectivity index (χ1v) is 17.7. The van der Waals surface area contributed by atoms with E-state index in [4.69, 9.17) is 9.47 Å². The summed E-state index contributed by atoms with van der Waals surface area (Å²) >= 11 is 0. The van der Waals surface area contributed by atoms with Gasteiger partial charge in [-0.2, -0.15) is 5.10 Å². The lowest BCUT2D eigenvalue weighted by molar-refractivity contribution is -0.150. The Morgan fingerprint density at radius 2 is 1.67 bits per heavy atom. The molecule has 0 aliphatic heterocycles. The van der Waals surface area contributed by atoms with Crippen molar-refractivity contribution in [1.82, 2.24) is 9.78 Å². The Kier molecular flexibility index (Phi) is 10.5. The van der Waals surface area contributed by atoms with Crippen molar-refractivity contribution in [1.29, 1.82) is 0 Å². The number of hydrogen-bond donors (Lipinski definition) is 0. The Labute approximate surface area is 274 Å². The number of unbranched alkanes of at least 4 members (excludes halogenated alkanes) is 1. The van der Waals surface area contributed by atoms with Crippen molar-refractivity contribution >= 4 is 17.6 Å². The van der Waals surface area contributed by atoms with E-state index in [1.165, 1.54) is 24.0 Å². The number of anilines is 1. The highest BCUT2D eigenvalue weighted by Gasteiger charge is 2.35. The van der Waals surface area contributed by atoms with Crippen molar-refractivity contribution in [3.63, 3.8) is 0 Å². The molecule has 6 rings (SSSR count). The van der Waals surface area contributed by atoms with Gasteiger partial charge in [0.1, 0.15) is 5.75 Å². The van der Waals surface area contributed by atoms with E-state index in [0.717, 1.165) is 93.3 Å². The summed E-state index contributed by atoms with van der Waals surface area (Å²) in [5.41, 5.74) is 5.74. The molecule has 3 aromatic rings. The third-order valence-corrected chi connectivity index (χ3v) is 10.6. The second-order valence-electron chi connectivity index (χ2n) is 14.0. The normalized spacial score (nSPS) is 23.1. The molecule has 0 unspecified atom stereocenters. The van der Waals surface area contributed by atoms with Crippen LogP contribution in [0.2, 0.25) is 0 Å². The van der Waals surface area contributed by atoms with Crippen molar-refractivity contribution in [2.75, 3.05) is 25.2 Å². The molecule has 3 aliphatic carbocycles. The SMILES string of the molecule is CCCCOC(=O)[C@H]1CC[C@H](C(=O)N(C[C@H]2CC[C@H](c3ccc(OC)c(C)c3)CC2)c2cccc(-c3cnn(C4CC4)c3)c2)CC1. The van der Waals surface area contributed by atoms with Crippen LogP contribution in [0.25, 0.3) is 11.1 Å². The summed E-state index contributed by atoms with van der Waals surface area (Å²) in [4.78, 5) is 29.1. The molecule has 46 heavy (non-hydrogen) atoms. The molecule has 2 aromatic carbocycles. The summed E-state index contributed by atoms with van der Waals surface area (Å²) in [7, 11) is 1.73. The molecule has 246 valence electrons. The minimum Gasteiger partial charge on any atom is -0.496 e. The molecule has 0 saturated heterocycles. The van der Waals surface area contributed by atoms with Gasteiger partial charge in [0.05, 0.1) is 31.9 Å². The maximum Gasteiger partial charge on any atom is 0.308 e. The van der Waals surface area contributed by atoms with E-state index in [2.05, 4.69) is 77.2 Å². The molecule has 1 aromatic heterocycles. The molecule has 3 saturated carbocycles. The number of hydrogen-bond acceptors (Lipinski definition) is 5. The van der Waals surface area contributed by atoms with Gasteiger partial charge in [-0.05, 0) is 124 Å². The molecule has 1 heterocycles. The number of benzene rings is 2. The summed E-state index contributed by atoms with van der Waals surface area (Å²) in [5, 5.41) is 4.61. The van der Waals surface area contributed by atoms with Gasteiger partial charge in [-0.15, -0.1) is 0 Å². The Morgan fingerprint density at radius 3 is 2.37 bits per heavy atom. The number of ether oxygens (including phenoxy) is 2. The topological polar surface area (TPSA) is 73.7 Å². The number of nitrogens with zero attached hydrogens (tertiary/aromatic N) is 3. The molecule has 7 heteroatoms. The number of rotatable bonds is 12.